The van der Waals surface area contributed by atoms with Crippen LogP contribution < -0.4 is 5.73 Å². The average molecular weight is 237 g/mol. The number of hydrogen-bond donors (Lipinski definition) is 1. The van der Waals surface area contributed by atoms with Gasteiger partial charge in [0.05, 0.1) is 6.54 Å². The second kappa shape index (κ2) is 5.01. The lowest BCUT2D eigenvalue weighted by Gasteiger charge is -2.31. The van der Waals surface area contributed by atoms with Crippen molar-refractivity contribution in [3.63, 3.8) is 0 Å². The summed E-state index contributed by atoms with van der Waals surface area (Å²) in [5.41, 5.74) is 5.41. The number of hydrogen-bond acceptors (Lipinski definition) is 4. The highest BCUT2D eigenvalue weighted by Gasteiger charge is 2.23. The predicted octanol–water partition coefficient (Wildman–Crippen LogP) is -0.348. The second-order valence-electron chi connectivity index (χ2n) is 3.90. The van der Waals surface area contributed by atoms with E-state index in [-0.39, 0.29) is 12.5 Å². The van der Waals surface area contributed by atoms with Gasteiger partial charge in [-0.25, -0.2) is 0 Å². The van der Waals surface area contributed by atoms with E-state index in [0.717, 1.165) is 6.41 Å². The van der Waals surface area contributed by atoms with Crippen molar-refractivity contribution >= 4 is 12.3 Å². The Hall–Kier alpha value is -1.82. The first-order valence-electron chi connectivity index (χ1n) is 5.52. The lowest BCUT2D eigenvalue weighted by atomic mass is 10.3. The van der Waals surface area contributed by atoms with Gasteiger partial charge in [0.2, 0.25) is 6.41 Å². The van der Waals surface area contributed by atoms with Crippen LogP contribution in [0, 0.1) is 0 Å². The average Bonchev–Trinajstić information content (AvgIpc) is 2.87. The molecule has 0 bridgehead atoms. The summed E-state index contributed by atoms with van der Waals surface area (Å²) >= 11 is 0. The van der Waals surface area contributed by atoms with Gasteiger partial charge < -0.3 is 20.0 Å². The van der Waals surface area contributed by atoms with E-state index in [0.29, 0.717) is 37.7 Å². The predicted molar refractivity (Wildman–Crippen MR) is 60.1 cm³/mol. The van der Waals surface area contributed by atoms with E-state index >= 15 is 0 Å². The molecule has 0 atom stereocenters. The molecule has 0 radical (unpaired) electrons. The second-order valence-corrected chi connectivity index (χ2v) is 3.90. The van der Waals surface area contributed by atoms with Crippen LogP contribution in [0.4, 0.5) is 0 Å². The van der Waals surface area contributed by atoms with E-state index in [1.165, 1.54) is 0 Å². The Kier molecular flexibility index (Phi) is 3.43. The Bertz CT molecular complexity index is 408. The van der Waals surface area contributed by atoms with Crippen molar-refractivity contribution in [2.75, 3.05) is 26.2 Å². The van der Waals surface area contributed by atoms with Gasteiger partial charge in [-0.05, 0) is 12.1 Å². The molecule has 0 saturated carbocycles. The molecule has 0 aromatic carbocycles. The quantitative estimate of drug-likeness (QED) is 0.729. The van der Waals surface area contributed by atoms with Crippen LogP contribution in [-0.2, 0) is 11.3 Å². The van der Waals surface area contributed by atoms with Gasteiger partial charge in [0.1, 0.15) is 5.76 Å². The van der Waals surface area contributed by atoms with Crippen molar-refractivity contribution < 1.29 is 14.0 Å². The Morgan fingerprint density at radius 3 is 2.59 bits per heavy atom. The lowest BCUT2D eigenvalue weighted by molar-refractivity contribution is -0.119. The van der Waals surface area contributed by atoms with Gasteiger partial charge in [-0.2, -0.15) is 0 Å². The van der Waals surface area contributed by atoms with Crippen molar-refractivity contribution in [3.8, 4) is 0 Å². The Morgan fingerprint density at radius 2 is 2.06 bits per heavy atom. The summed E-state index contributed by atoms with van der Waals surface area (Å²) in [6.45, 7) is 2.50. The molecular weight excluding hydrogens is 222 g/mol. The summed E-state index contributed by atoms with van der Waals surface area (Å²) in [5.74, 6) is 0.764. The van der Waals surface area contributed by atoms with E-state index in [9.17, 15) is 9.59 Å². The molecule has 0 unspecified atom stereocenters. The molecule has 1 aromatic heterocycles. The van der Waals surface area contributed by atoms with Gasteiger partial charge in [-0.3, -0.25) is 9.59 Å². The third-order valence-electron chi connectivity index (χ3n) is 2.82. The van der Waals surface area contributed by atoms with Crippen molar-refractivity contribution in [1.29, 1.82) is 0 Å². The smallest absolute Gasteiger partial charge is 0.289 e. The molecule has 1 aromatic rings. The van der Waals surface area contributed by atoms with Crippen molar-refractivity contribution in [2.24, 2.45) is 5.73 Å². The van der Waals surface area contributed by atoms with E-state index in [1.807, 2.05) is 0 Å². The SMILES string of the molecule is NCc1ccc(C(=O)N2CCN(C=O)CC2)o1. The number of carbonyl (C=O) groups excluding carboxylic acids is 2. The molecule has 2 heterocycles. The van der Waals surface area contributed by atoms with Crippen molar-refractivity contribution in [1.82, 2.24) is 9.80 Å². The van der Waals surface area contributed by atoms with E-state index < -0.39 is 0 Å². The number of piperazine rings is 1. The maximum Gasteiger partial charge on any atom is 0.289 e. The number of furan rings is 1. The normalized spacial score (nSPS) is 16.1. The Balaban J connectivity index is 1.98. The van der Waals surface area contributed by atoms with E-state index in [4.69, 9.17) is 10.2 Å². The van der Waals surface area contributed by atoms with Crippen molar-refractivity contribution in [2.45, 2.75) is 6.54 Å². The molecule has 2 N–H and O–H groups in total. The lowest BCUT2D eigenvalue weighted by Crippen LogP contribution is -2.48. The minimum Gasteiger partial charge on any atom is -0.455 e. The van der Waals surface area contributed by atoms with Gasteiger partial charge in [0.15, 0.2) is 5.76 Å². The molecule has 92 valence electrons. The highest BCUT2D eigenvalue weighted by Crippen LogP contribution is 2.11. The van der Waals surface area contributed by atoms with Crippen molar-refractivity contribution in [3.05, 3.63) is 23.7 Å². The van der Waals surface area contributed by atoms with E-state index in [2.05, 4.69) is 0 Å². The van der Waals surface area contributed by atoms with Crippen LogP contribution in [0.1, 0.15) is 16.3 Å². The topological polar surface area (TPSA) is 79.8 Å². The summed E-state index contributed by atoms with van der Waals surface area (Å²) in [6, 6.07) is 3.34. The molecule has 1 fully saturated rings. The number of carbonyl (C=O) groups is 2. The molecule has 1 aliphatic heterocycles. The largest absolute Gasteiger partial charge is 0.455 e. The summed E-state index contributed by atoms with van der Waals surface area (Å²) < 4.78 is 5.30. The zero-order valence-electron chi connectivity index (χ0n) is 9.46. The molecule has 6 heteroatoms. The van der Waals surface area contributed by atoms with Crippen LogP contribution in [0.5, 0.6) is 0 Å². The third-order valence-corrected chi connectivity index (χ3v) is 2.82. The van der Waals surface area contributed by atoms with Crippen LogP contribution in [0.3, 0.4) is 0 Å². The molecule has 1 aliphatic rings. The van der Waals surface area contributed by atoms with Crippen LogP contribution in [0.25, 0.3) is 0 Å². The molecule has 17 heavy (non-hydrogen) atoms. The minimum atomic E-state index is -0.143. The van der Waals surface area contributed by atoms with Crippen LogP contribution in [0.15, 0.2) is 16.5 Å². The van der Waals surface area contributed by atoms with Crippen LogP contribution >= 0.6 is 0 Å². The highest BCUT2D eigenvalue weighted by molar-refractivity contribution is 5.91. The monoisotopic (exact) mass is 237 g/mol. The standard InChI is InChI=1S/C11H15N3O3/c12-7-9-1-2-10(17-9)11(16)14-5-3-13(8-15)4-6-14/h1-2,8H,3-7,12H2. The summed E-state index contributed by atoms with van der Waals surface area (Å²) in [7, 11) is 0. The molecule has 2 amide bonds. The number of amides is 2. The number of nitrogens with zero attached hydrogens (tertiary/aromatic N) is 2. The summed E-state index contributed by atoms with van der Waals surface area (Å²) in [5, 5.41) is 0. The fraction of sp³-hybridized carbons (Fsp3) is 0.455. The van der Waals surface area contributed by atoms with E-state index in [1.54, 1.807) is 21.9 Å². The third kappa shape index (κ3) is 2.47. The molecule has 0 aliphatic carbocycles. The maximum absolute atomic E-state index is 12.0. The number of rotatable bonds is 3. The maximum atomic E-state index is 12.0. The zero-order valence-corrected chi connectivity index (χ0v) is 9.46. The number of nitrogens with two attached hydrogens (primary N) is 1. The first-order valence-corrected chi connectivity index (χ1v) is 5.52. The fourth-order valence-electron chi connectivity index (χ4n) is 1.79. The Morgan fingerprint density at radius 1 is 1.35 bits per heavy atom. The molecular formula is C11H15N3O3. The zero-order chi connectivity index (χ0) is 12.3. The Labute approximate surface area is 99.0 Å². The minimum absolute atomic E-state index is 0.143. The molecule has 6 nitrogen and oxygen atoms in total. The van der Waals surface area contributed by atoms with Gasteiger partial charge >= 0.3 is 0 Å². The summed E-state index contributed by atoms with van der Waals surface area (Å²) in [4.78, 5) is 25.9. The van der Waals surface area contributed by atoms with Crippen LogP contribution in [-0.4, -0.2) is 48.3 Å². The fourth-order valence-corrected chi connectivity index (χ4v) is 1.79. The molecule has 1 saturated heterocycles. The van der Waals surface area contributed by atoms with Gasteiger partial charge in [-0.1, -0.05) is 0 Å². The highest BCUT2D eigenvalue weighted by atomic mass is 16.4. The van der Waals surface area contributed by atoms with Gasteiger partial charge in [0, 0.05) is 26.2 Å². The van der Waals surface area contributed by atoms with Gasteiger partial charge in [0.25, 0.3) is 5.91 Å². The van der Waals surface area contributed by atoms with Gasteiger partial charge in [-0.15, -0.1) is 0 Å². The molecule has 2 rings (SSSR count). The molecule has 0 spiro atoms. The first-order chi connectivity index (χ1) is 8.24. The first kappa shape index (κ1) is 11.7. The summed E-state index contributed by atoms with van der Waals surface area (Å²) in [6.07, 6.45) is 0.807. The van der Waals surface area contributed by atoms with Crippen LogP contribution in [0.2, 0.25) is 0 Å².